The van der Waals surface area contributed by atoms with Crippen LogP contribution in [0.1, 0.15) is 31.1 Å². The zero-order valence-corrected chi connectivity index (χ0v) is 17.9. The predicted octanol–water partition coefficient (Wildman–Crippen LogP) is 4.99. The van der Waals surface area contributed by atoms with Crippen molar-refractivity contribution in [3.8, 4) is 22.2 Å². The van der Waals surface area contributed by atoms with Crippen molar-refractivity contribution in [1.82, 2.24) is 14.4 Å². The number of nitrogens with zero attached hydrogens (tertiary/aromatic N) is 3. The predicted molar refractivity (Wildman–Crippen MR) is 110 cm³/mol. The molecular weight excluding hydrogens is 418 g/mol. The summed E-state index contributed by atoms with van der Waals surface area (Å²) < 4.78 is 33.4. The van der Waals surface area contributed by atoms with Gasteiger partial charge in [0.25, 0.3) is 5.89 Å². The van der Waals surface area contributed by atoms with E-state index < -0.39 is 10.0 Å². The van der Waals surface area contributed by atoms with E-state index in [-0.39, 0.29) is 6.04 Å². The van der Waals surface area contributed by atoms with Gasteiger partial charge in [0.15, 0.2) is 0 Å². The maximum Gasteiger partial charge on any atom is 0.268 e. The third-order valence-electron chi connectivity index (χ3n) is 4.92. The van der Waals surface area contributed by atoms with Gasteiger partial charge in [-0.3, -0.25) is 0 Å². The molecule has 0 radical (unpaired) electrons. The first-order chi connectivity index (χ1) is 13.4. The fraction of sp³-hybridized carbons (Fsp3) is 0.368. The van der Waals surface area contributed by atoms with Crippen LogP contribution in [0.3, 0.4) is 0 Å². The number of aryl methyl sites for hydroxylation is 1. The molecule has 4 rings (SSSR count). The first kappa shape index (κ1) is 19.6. The fourth-order valence-electron chi connectivity index (χ4n) is 3.45. The lowest BCUT2D eigenvalue weighted by atomic mass is 10.1. The van der Waals surface area contributed by atoms with E-state index >= 15 is 0 Å². The van der Waals surface area contributed by atoms with Crippen LogP contribution in [0.5, 0.6) is 0 Å². The summed E-state index contributed by atoms with van der Waals surface area (Å²) in [6, 6.07) is 8.84. The second-order valence-corrected chi connectivity index (χ2v) is 10.5. The Morgan fingerprint density at radius 3 is 2.86 bits per heavy atom. The lowest BCUT2D eigenvalue weighted by molar-refractivity contribution is 0.268. The van der Waals surface area contributed by atoms with E-state index in [4.69, 9.17) is 16.1 Å². The van der Waals surface area contributed by atoms with Gasteiger partial charge in [-0.25, -0.2) is 8.42 Å². The molecule has 3 heterocycles. The summed E-state index contributed by atoms with van der Waals surface area (Å²) in [5, 5.41) is 4.59. The molecule has 1 aliphatic heterocycles. The molecule has 0 N–H and O–H groups in total. The summed E-state index contributed by atoms with van der Waals surface area (Å²) >= 11 is 7.37. The molecule has 0 saturated carbocycles. The van der Waals surface area contributed by atoms with Crippen molar-refractivity contribution in [2.75, 3.05) is 6.54 Å². The zero-order chi connectivity index (χ0) is 19.9. The number of hydrogen-bond donors (Lipinski definition) is 0. The molecular formula is C19H20ClN3O3S2. The van der Waals surface area contributed by atoms with E-state index in [1.807, 2.05) is 26.0 Å². The molecule has 0 bridgehead atoms. The number of benzene rings is 1. The Hall–Kier alpha value is -1.74. The second kappa shape index (κ2) is 7.59. The molecule has 3 aromatic rings. The molecule has 1 atom stereocenters. The minimum atomic E-state index is -3.54. The van der Waals surface area contributed by atoms with Crippen molar-refractivity contribution in [3.63, 3.8) is 0 Å². The standard InChI is InChI=1S/C19H20ClN3O3S2/c1-12-6-3-4-9-23(12)28(24,25)17-11-16(27-13(17)2)19-21-18(22-26-19)14-7-5-8-15(20)10-14/h5,7-8,10-12H,3-4,6,9H2,1-2H3/t12-/m0/s1. The number of aromatic nitrogens is 2. The molecule has 0 aliphatic carbocycles. The van der Waals surface area contributed by atoms with Crippen LogP contribution in [0.15, 0.2) is 39.8 Å². The molecule has 0 amide bonds. The zero-order valence-electron chi connectivity index (χ0n) is 15.6. The van der Waals surface area contributed by atoms with Gasteiger partial charge in [0.05, 0.1) is 9.77 Å². The highest BCUT2D eigenvalue weighted by atomic mass is 35.5. The van der Waals surface area contributed by atoms with Gasteiger partial charge in [-0.1, -0.05) is 35.3 Å². The number of sulfonamides is 1. The van der Waals surface area contributed by atoms with Crippen LogP contribution < -0.4 is 0 Å². The molecule has 28 heavy (non-hydrogen) atoms. The summed E-state index contributed by atoms with van der Waals surface area (Å²) in [6.45, 7) is 4.34. The molecule has 1 saturated heterocycles. The third-order valence-corrected chi connectivity index (χ3v) is 8.46. The van der Waals surface area contributed by atoms with Crippen LogP contribution in [0, 0.1) is 6.92 Å². The van der Waals surface area contributed by atoms with Crippen molar-refractivity contribution in [3.05, 3.63) is 40.2 Å². The fourth-order valence-corrected chi connectivity index (χ4v) is 6.82. The Labute approximate surface area is 173 Å². The highest BCUT2D eigenvalue weighted by molar-refractivity contribution is 7.89. The van der Waals surface area contributed by atoms with Crippen molar-refractivity contribution in [2.24, 2.45) is 0 Å². The number of thiophene rings is 1. The van der Waals surface area contributed by atoms with E-state index in [2.05, 4.69) is 10.1 Å². The van der Waals surface area contributed by atoms with Crippen LogP contribution in [0.2, 0.25) is 5.02 Å². The number of rotatable bonds is 4. The lowest BCUT2D eigenvalue weighted by Crippen LogP contribution is -2.41. The maximum atomic E-state index is 13.2. The van der Waals surface area contributed by atoms with Crippen molar-refractivity contribution < 1.29 is 12.9 Å². The summed E-state index contributed by atoms with van der Waals surface area (Å²) in [6.07, 6.45) is 2.85. The van der Waals surface area contributed by atoms with Crippen LogP contribution in [0.4, 0.5) is 0 Å². The van der Waals surface area contributed by atoms with Crippen LogP contribution in [-0.2, 0) is 10.0 Å². The molecule has 6 nitrogen and oxygen atoms in total. The monoisotopic (exact) mass is 437 g/mol. The highest BCUT2D eigenvalue weighted by Gasteiger charge is 2.33. The van der Waals surface area contributed by atoms with Crippen LogP contribution in [-0.4, -0.2) is 35.5 Å². The normalized spacial score (nSPS) is 18.5. The first-order valence-electron chi connectivity index (χ1n) is 9.08. The number of hydrogen-bond acceptors (Lipinski definition) is 6. The summed E-state index contributed by atoms with van der Waals surface area (Å²) in [5.74, 6) is 0.717. The molecule has 0 unspecified atom stereocenters. The minimum Gasteiger partial charge on any atom is -0.333 e. The Morgan fingerprint density at radius 2 is 2.11 bits per heavy atom. The van der Waals surface area contributed by atoms with Gasteiger partial charge in [-0.05, 0) is 44.9 Å². The molecule has 148 valence electrons. The van der Waals surface area contributed by atoms with Gasteiger partial charge in [0, 0.05) is 28.0 Å². The van der Waals surface area contributed by atoms with Crippen molar-refractivity contribution >= 4 is 33.0 Å². The van der Waals surface area contributed by atoms with E-state index in [0.29, 0.717) is 33.1 Å². The molecule has 1 aliphatic rings. The molecule has 0 spiro atoms. The van der Waals surface area contributed by atoms with Gasteiger partial charge in [-0.2, -0.15) is 9.29 Å². The topological polar surface area (TPSA) is 76.3 Å². The van der Waals surface area contributed by atoms with Crippen molar-refractivity contribution in [2.45, 2.75) is 44.0 Å². The quantitative estimate of drug-likeness (QED) is 0.574. The van der Waals surface area contributed by atoms with Crippen molar-refractivity contribution in [1.29, 1.82) is 0 Å². The average Bonchev–Trinajstić information content (AvgIpc) is 3.29. The van der Waals surface area contributed by atoms with E-state index in [1.54, 1.807) is 22.5 Å². The lowest BCUT2D eigenvalue weighted by Gasteiger charge is -2.32. The SMILES string of the molecule is Cc1sc(-c2nc(-c3cccc(Cl)c3)no2)cc1S(=O)(=O)N1CCCC[C@@H]1C. The van der Waals surface area contributed by atoms with Gasteiger partial charge >= 0.3 is 0 Å². The second-order valence-electron chi connectivity index (χ2n) is 6.93. The smallest absolute Gasteiger partial charge is 0.268 e. The third kappa shape index (κ3) is 3.61. The van der Waals surface area contributed by atoms with E-state index in [1.165, 1.54) is 11.3 Å². The van der Waals surface area contributed by atoms with E-state index in [0.717, 1.165) is 29.7 Å². The minimum absolute atomic E-state index is 0.0133. The summed E-state index contributed by atoms with van der Waals surface area (Å²) in [4.78, 5) is 6.10. The molecule has 1 fully saturated rings. The van der Waals surface area contributed by atoms with Crippen LogP contribution >= 0.6 is 22.9 Å². The maximum absolute atomic E-state index is 13.2. The Balaban J connectivity index is 1.67. The largest absolute Gasteiger partial charge is 0.333 e. The molecule has 2 aromatic heterocycles. The van der Waals surface area contributed by atoms with Gasteiger partial charge in [0.1, 0.15) is 0 Å². The average molecular weight is 438 g/mol. The van der Waals surface area contributed by atoms with Crippen LogP contribution in [0.25, 0.3) is 22.2 Å². The number of piperidine rings is 1. The molecule has 1 aromatic carbocycles. The highest BCUT2D eigenvalue weighted by Crippen LogP contribution is 2.36. The van der Waals surface area contributed by atoms with Gasteiger partial charge < -0.3 is 4.52 Å². The van der Waals surface area contributed by atoms with E-state index in [9.17, 15) is 8.42 Å². The Morgan fingerprint density at radius 1 is 1.29 bits per heavy atom. The first-order valence-corrected chi connectivity index (χ1v) is 11.7. The number of halogens is 1. The van der Waals surface area contributed by atoms with Gasteiger partial charge in [0.2, 0.25) is 15.8 Å². The summed E-state index contributed by atoms with van der Waals surface area (Å²) in [7, 11) is -3.54. The molecule has 9 heteroatoms. The van der Waals surface area contributed by atoms with Gasteiger partial charge in [-0.15, -0.1) is 11.3 Å². The summed E-state index contributed by atoms with van der Waals surface area (Å²) in [5.41, 5.74) is 0.741. The Kier molecular flexibility index (Phi) is 5.30. The Bertz CT molecular complexity index is 1110.